The van der Waals surface area contributed by atoms with Crippen LogP contribution in [0.15, 0.2) is 21.7 Å². The van der Waals surface area contributed by atoms with Gasteiger partial charge in [-0.3, -0.25) is 9.59 Å². The maximum Gasteiger partial charge on any atom is 0.260 e. The Balaban J connectivity index is 1.56. The van der Waals surface area contributed by atoms with Crippen LogP contribution in [0.3, 0.4) is 0 Å². The Morgan fingerprint density at radius 2 is 2.30 bits per heavy atom. The zero-order chi connectivity index (χ0) is 13.9. The molecule has 0 aromatic carbocycles. The first-order valence-electron chi connectivity index (χ1n) is 6.56. The molecule has 1 aliphatic heterocycles. The van der Waals surface area contributed by atoms with Crippen molar-refractivity contribution in [3.8, 4) is 0 Å². The summed E-state index contributed by atoms with van der Waals surface area (Å²) in [6, 6.07) is 0. The number of aromatic nitrogens is 2. The molecule has 1 saturated carbocycles. The van der Waals surface area contributed by atoms with E-state index in [2.05, 4.69) is 20.4 Å². The molecule has 104 valence electrons. The van der Waals surface area contributed by atoms with Gasteiger partial charge < -0.3 is 9.84 Å². The smallest absolute Gasteiger partial charge is 0.260 e. The molecule has 20 heavy (non-hydrogen) atoms. The summed E-state index contributed by atoms with van der Waals surface area (Å²) in [5, 5.41) is 6.49. The molecule has 1 N–H and O–H groups in total. The SMILES string of the molecule is O=C(CC1CC1)NCc1nc(C2C=CC=NC2=O)no1. The molecule has 1 aliphatic carbocycles. The molecule has 1 atom stereocenters. The van der Waals surface area contributed by atoms with E-state index in [1.807, 2.05) is 0 Å². The van der Waals surface area contributed by atoms with Crippen LogP contribution in [0.2, 0.25) is 0 Å². The van der Waals surface area contributed by atoms with Crippen molar-refractivity contribution in [1.29, 1.82) is 0 Å². The number of carbonyl (C=O) groups is 2. The molecule has 0 spiro atoms. The van der Waals surface area contributed by atoms with Crippen LogP contribution in [0.4, 0.5) is 0 Å². The quantitative estimate of drug-likeness (QED) is 0.853. The van der Waals surface area contributed by atoms with Gasteiger partial charge in [-0.1, -0.05) is 11.2 Å². The number of carbonyl (C=O) groups excluding carboxylic acids is 2. The average Bonchev–Trinajstić information content (AvgIpc) is 3.12. The van der Waals surface area contributed by atoms with Crippen molar-refractivity contribution in [1.82, 2.24) is 15.5 Å². The number of nitrogens with zero attached hydrogens (tertiary/aromatic N) is 3. The molecular weight excluding hydrogens is 260 g/mol. The van der Waals surface area contributed by atoms with Gasteiger partial charge in [-0.2, -0.15) is 4.98 Å². The number of allylic oxidation sites excluding steroid dienone is 1. The van der Waals surface area contributed by atoms with Crippen molar-refractivity contribution in [3.63, 3.8) is 0 Å². The highest BCUT2D eigenvalue weighted by atomic mass is 16.5. The van der Waals surface area contributed by atoms with E-state index in [0.29, 0.717) is 18.2 Å². The van der Waals surface area contributed by atoms with Gasteiger partial charge in [0.2, 0.25) is 11.8 Å². The van der Waals surface area contributed by atoms with Crippen LogP contribution >= 0.6 is 0 Å². The van der Waals surface area contributed by atoms with Gasteiger partial charge in [-0.25, -0.2) is 4.99 Å². The van der Waals surface area contributed by atoms with E-state index in [9.17, 15) is 9.59 Å². The summed E-state index contributed by atoms with van der Waals surface area (Å²) in [7, 11) is 0. The van der Waals surface area contributed by atoms with Crippen molar-refractivity contribution in [2.75, 3.05) is 0 Å². The average molecular weight is 274 g/mol. The van der Waals surface area contributed by atoms with Gasteiger partial charge in [0.25, 0.3) is 5.91 Å². The number of hydrogen-bond acceptors (Lipinski definition) is 5. The minimum Gasteiger partial charge on any atom is -0.347 e. The normalized spacial score (nSPS) is 21.2. The van der Waals surface area contributed by atoms with E-state index in [-0.39, 0.29) is 24.2 Å². The van der Waals surface area contributed by atoms with Gasteiger partial charge in [0, 0.05) is 12.6 Å². The number of amides is 2. The standard InChI is InChI=1S/C13H14N4O3/c18-10(6-8-3-4-8)15-7-11-16-12(17-20-11)9-2-1-5-14-13(9)19/h1-2,5,8-9H,3-4,6-7H2,(H,15,18). The van der Waals surface area contributed by atoms with Crippen LogP contribution in [0, 0.1) is 5.92 Å². The Hall–Kier alpha value is -2.31. The lowest BCUT2D eigenvalue weighted by Crippen LogP contribution is -2.23. The summed E-state index contributed by atoms with van der Waals surface area (Å²) in [6.45, 7) is 0.187. The molecule has 1 fully saturated rings. The molecule has 0 bridgehead atoms. The third-order valence-electron chi connectivity index (χ3n) is 3.23. The first-order chi connectivity index (χ1) is 9.72. The fraction of sp³-hybridized carbons (Fsp3) is 0.462. The zero-order valence-corrected chi connectivity index (χ0v) is 10.8. The summed E-state index contributed by atoms with van der Waals surface area (Å²) < 4.78 is 5.02. The highest BCUT2D eigenvalue weighted by molar-refractivity contribution is 5.96. The minimum atomic E-state index is -0.598. The fourth-order valence-corrected chi connectivity index (χ4v) is 1.93. The molecule has 3 rings (SSSR count). The van der Waals surface area contributed by atoms with Gasteiger partial charge in [-0.15, -0.1) is 0 Å². The maximum absolute atomic E-state index is 11.6. The molecular formula is C13H14N4O3. The maximum atomic E-state index is 11.6. The van der Waals surface area contributed by atoms with E-state index < -0.39 is 5.92 Å². The van der Waals surface area contributed by atoms with E-state index >= 15 is 0 Å². The molecule has 7 nitrogen and oxygen atoms in total. The molecule has 2 amide bonds. The van der Waals surface area contributed by atoms with Crippen molar-refractivity contribution in [2.45, 2.75) is 31.7 Å². The zero-order valence-electron chi connectivity index (χ0n) is 10.8. The highest BCUT2D eigenvalue weighted by Crippen LogP contribution is 2.32. The van der Waals surface area contributed by atoms with Gasteiger partial charge in [0.1, 0.15) is 5.92 Å². The first-order valence-corrected chi connectivity index (χ1v) is 6.56. The number of nitrogens with one attached hydrogen (secondary N) is 1. The Morgan fingerprint density at radius 1 is 1.45 bits per heavy atom. The monoisotopic (exact) mass is 274 g/mol. The molecule has 2 heterocycles. The van der Waals surface area contributed by atoms with Crippen LogP contribution in [0.25, 0.3) is 0 Å². The van der Waals surface area contributed by atoms with Crippen LogP contribution in [0.5, 0.6) is 0 Å². The molecule has 1 aromatic heterocycles. The van der Waals surface area contributed by atoms with E-state index in [1.54, 1.807) is 12.2 Å². The van der Waals surface area contributed by atoms with Crippen molar-refractivity contribution >= 4 is 18.0 Å². The number of hydrogen-bond donors (Lipinski definition) is 1. The van der Waals surface area contributed by atoms with E-state index in [0.717, 1.165) is 12.8 Å². The number of aliphatic imine (C=N–C) groups is 1. The Kier molecular flexibility index (Phi) is 3.41. The second-order valence-corrected chi connectivity index (χ2v) is 4.95. The molecule has 0 radical (unpaired) electrons. The lowest BCUT2D eigenvalue weighted by Gasteiger charge is -2.04. The summed E-state index contributed by atoms with van der Waals surface area (Å²) in [6.07, 6.45) is 7.58. The third kappa shape index (κ3) is 2.98. The van der Waals surface area contributed by atoms with E-state index in [4.69, 9.17) is 4.52 Å². The Labute approximate surface area is 115 Å². The van der Waals surface area contributed by atoms with Gasteiger partial charge in [0.05, 0.1) is 6.54 Å². The lowest BCUT2D eigenvalue weighted by atomic mass is 10.1. The van der Waals surface area contributed by atoms with Crippen LogP contribution in [0.1, 0.15) is 36.9 Å². The first kappa shape index (κ1) is 12.7. The molecule has 1 unspecified atom stereocenters. The van der Waals surface area contributed by atoms with Gasteiger partial charge in [0.15, 0.2) is 5.82 Å². The van der Waals surface area contributed by atoms with Crippen LogP contribution in [-0.2, 0) is 16.1 Å². The lowest BCUT2D eigenvalue weighted by molar-refractivity contribution is -0.121. The largest absolute Gasteiger partial charge is 0.347 e. The predicted octanol–water partition coefficient (Wildman–Crippen LogP) is 0.737. The fourth-order valence-electron chi connectivity index (χ4n) is 1.93. The molecule has 1 aromatic rings. The highest BCUT2D eigenvalue weighted by Gasteiger charge is 2.26. The van der Waals surface area contributed by atoms with Crippen molar-refractivity contribution in [3.05, 3.63) is 23.9 Å². The number of rotatable bonds is 5. The predicted molar refractivity (Wildman–Crippen MR) is 68.9 cm³/mol. The van der Waals surface area contributed by atoms with Gasteiger partial charge >= 0.3 is 0 Å². The summed E-state index contributed by atoms with van der Waals surface area (Å²) in [5.74, 6) is 0.174. The number of dihydropyridines is 1. The third-order valence-corrected chi connectivity index (χ3v) is 3.23. The second-order valence-electron chi connectivity index (χ2n) is 4.95. The van der Waals surface area contributed by atoms with Crippen LogP contribution < -0.4 is 5.32 Å². The summed E-state index contributed by atoms with van der Waals surface area (Å²) in [5.41, 5.74) is 0. The van der Waals surface area contributed by atoms with Crippen LogP contribution in [-0.4, -0.2) is 28.2 Å². The van der Waals surface area contributed by atoms with E-state index in [1.165, 1.54) is 6.21 Å². The molecule has 2 aliphatic rings. The topological polar surface area (TPSA) is 97.5 Å². The molecule has 7 heteroatoms. The summed E-state index contributed by atoms with van der Waals surface area (Å²) >= 11 is 0. The van der Waals surface area contributed by atoms with Crippen molar-refractivity contribution < 1.29 is 14.1 Å². The second kappa shape index (κ2) is 5.36. The Morgan fingerprint density at radius 3 is 3.05 bits per heavy atom. The molecule has 0 saturated heterocycles. The minimum absolute atomic E-state index is 0.00881. The van der Waals surface area contributed by atoms with Gasteiger partial charge in [-0.05, 0) is 24.8 Å². The Bertz CT molecular complexity index is 586. The van der Waals surface area contributed by atoms with Crippen molar-refractivity contribution in [2.24, 2.45) is 10.9 Å². The summed E-state index contributed by atoms with van der Waals surface area (Å²) in [4.78, 5) is 30.9.